The predicted molar refractivity (Wildman–Crippen MR) is 91.5 cm³/mol. The second-order valence-corrected chi connectivity index (χ2v) is 6.20. The first kappa shape index (κ1) is 16.7. The Kier molecular flexibility index (Phi) is 5.27. The van der Waals surface area contributed by atoms with Crippen molar-refractivity contribution >= 4 is 23.6 Å². The number of hydrogen-bond acceptors (Lipinski definition) is 4. The molecule has 1 aliphatic heterocycles. The van der Waals surface area contributed by atoms with Gasteiger partial charge in [-0.2, -0.15) is 5.10 Å². The first-order valence-corrected chi connectivity index (χ1v) is 8.20. The maximum atomic E-state index is 12.2. The molecule has 1 fully saturated rings. The van der Waals surface area contributed by atoms with Crippen molar-refractivity contribution in [3.63, 3.8) is 0 Å². The van der Waals surface area contributed by atoms with Crippen LogP contribution in [0.4, 0.5) is 0 Å². The van der Waals surface area contributed by atoms with Crippen molar-refractivity contribution in [1.29, 1.82) is 0 Å². The van der Waals surface area contributed by atoms with Gasteiger partial charge >= 0.3 is 0 Å². The fourth-order valence-corrected chi connectivity index (χ4v) is 2.72. The molecule has 0 aliphatic carbocycles. The molecule has 1 aromatic carbocycles. The minimum atomic E-state index is -0.155. The molecule has 1 aliphatic rings. The Morgan fingerprint density at radius 3 is 3.17 bits per heavy atom. The fraction of sp³-hybridized carbons (Fsp3) is 0.353. The molecule has 0 saturated carbocycles. The van der Waals surface area contributed by atoms with Gasteiger partial charge in [-0.05, 0) is 37.1 Å². The number of hydrogen-bond donors (Lipinski definition) is 2. The third-order valence-corrected chi connectivity index (χ3v) is 4.09. The highest BCUT2D eigenvalue weighted by atomic mass is 35.5. The quantitative estimate of drug-likeness (QED) is 0.816. The molecule has 1 saturated heterocycles. The summed E-state index contributed by atoms with van der Waals surface area (Å²) in [5.74, 6) is 1.48. The lowest BCUT2D eigenvalue weighted by Crippen LogP contribution is -2.24. The number of aromatic amines is 1. The molecule has 7 heteroatoms. The number of ether oxygens (including phenoxy) is 1. The van der Waals surface area contributed by atoms with Gasteiger partial charge in [0.05, 0.1) is 13.2 Å². The SMILES string of the molecule is CC(=Cc1cccc(Cl)c1)C(=O)NCc1nc(C2CCOC2)n[nH]1. The number of amides is 1. The van der Waals surface area contributed by atoms with E-state index in [4.69, 9.17) is 16.3 Å². The standard InChI is InChI=1S/C17H19ClN4O2/c1-11(7-12-3-2-4-14(18)8-12)17(23)19-9-15-20-16(22-21-15)13-5-6-24-10-13/h2-4,7-8,13H,5-6,9-10H2,1H3,(H,19,23)(H,20,21,22). The van der Waals surface area contributed by atoms with E-state index in [2.05, 4.69) is 20.5 Å². The van der Waals surface area contributed by atoms with Crippen molar-refractivity contribution < 1.29 is 9.53 Å². The minimum Gasteiger partial charge on any atom is -0.381 e. The summed E-state index contributed by atoms with van der Waals surface area (Å²) in [5, 5.41) is 10.5. The van der Waals surface area contributed by atoms with Gasteiger partial charge in [0.2, 0.25) is 5.91 Å². The molecule has 24 heavy (non-hydrogen) atoms. The normalized spacial score (nSPS) is 17.9. The molecule has 1 aromatic heterocycles. The van der Waals surface area contributed by atoms with Crippen molar-refractivity contribution in [3.05, 3.63) is 52.1 Å². The summed E-state index contributed by atoms with van der Waals surface area (Å²) in [6.07, 6.45) is 2.73. The fourth-order valence-electron chi connectivity index (χ4n) is 2.53. The summed E-state index contributed by atoms with van der Waals surface area (Å²) in [4.78, 5) is 16.6. The van der Waals surface area contributed by atoms with Crippen LogP contribution in [-0.4, -0.2) is 34.3 Å². The summed E-state index contributed by atoms with van der Waals surface area (Å²) >= 11 is 5.95. The number of carbonyl (C=O) groups is 1. The molecule has 6 nitrogen and oxygen atoms in total. The van der Waals surface area contributed by atoms with E-state index in [1.165, 1.54) is 0 Å². The first-order chi connectivity index (χ1) is 11.6. The van der Waals surface area contributed by atoms with E-state index < -0.39 is 0 Å². The van der Waals surface area contributed by atoms with Crippen LogP contribution in [0.3, 0.4) is 0 Å². The molecule has 0 radical (unpaired) electrons. The largest absolute Gasteiger partial charge is 0.381 e. The van der Waals surface area contributed by atoms with Gasteiger partial charge in [-0.25, -0.2) is 4.98 Å². The zero-order chi connectivity index (χ0) is 16.9. The molecule has 2 aromatic rings. The second kappa shape index (κ2) is 7.59. The molecule has 1 amide bonds. The van der Waals surface area contributed by atoms with Gasteiger partial charge in [-0.3, -0.25) is 9.89 Å². The zero-order valence-electron chi connectivity index (χ0n) is 13.4. The van der Waals surface area contributed by atoms with Crippen LogP contribution in [0.25, 0.3) is 6.08 Å². The zero-order valence-corrected chi connectivity index (χ0v) is 14.1. The van der Waals surface area contributed by atoms with Gasteiger partial charge in [0.25, 0.3) is 0 Å². The van der Waals surface area contributed by atoms with Crippen LogP contribution >= 0.6 is 11.6 Å². The van der Waals surface area contributed by atoms with Crippen LogP contribution in [0, 0.1) is 0 Å². The average molecular weight is 347 g/mol. The average Bonchev–Trinajstić information content (AvgIpc) is 3.23. The van der Waals surface area contributed by atoms with Crippen molar-refractivity contribution in [1.82, 2.24) is 20.5 Å². The molecule has 0 bridgehead atoms. The van der Waals surface area contributed by atoms with Gasteiger partial charge in [0, 0.05) is 23.1 Å². The molecular weight excluding hydrogens is 328 g/mol. The van der Waals surface area contributed by atoms with Gasteiger partial charge in [-0.1, -0.05) is 23.7 Å². The lowest BCUT2D eigenvalue weighted by atomic mass is 10.1. The van der Waals surface area contributed by atoms with Crippen LogP contribution in [0.15, 0.2) is 29.8 Å². The van der Waals surface area contributed by atoms with Crippen LogP contribution in [0.5, 0.6) is 0 Å². The number of nitrogens with zero attached hydrogens (tertiary/aromatic N) is 2. The van der Waals surface area contributed by atoms with Gasteiger partial charge in [-0.15, -0.1) is 0 Å². The third-order valence-electron chi connectivity index (χ3n) is 3.85. The summed E-state index contributed by atoms with van der Waals surface area (Å²) in [7, 11) is 0. The highest BCUT2D eigenvalue weighted by Gasteiger charge is 2.21. The van der Waals surface area contributed by atoms with Gasteiger partial charge < -0.3 is 10.1 Å². The number of benzene rings is 1. The molecule has 1 unspecified atom stereocenters. The van der Waals surface area contributed by atoms with Crippen molar-refractivity contribution in [2.75, 3.05) is 13.2 Å². The highest BCUT2D eigenvalue weighted by Crippen LogP contribution is 2.21. The van der Waals surface area contributed by atoms with E-state index in [1.54, 1.807) is 19.1 Å². The molecule has 3 rings (SSSR count). The lowest BCUT2D eigenvalue weighted by Gasteiger charge is -2.04. The molecule has 2 N–H and O–H groups in total. The maximum absolute atomic E-state index is 12.2. The van der Waals surface area contributed by atoms with Gasteiger partial charge in [0.15, 0.2) is 5.82 Å². The summed E-state index contributed by atoms with van der Waals surface area (Å²) in [5.41, 5.74) is 1.49. The smallest absolute Gasteiger partial charge is 0.247 e. The third kappa shape index (κ3) is 4.21. The van der Waals surface area contributed by atoms with E-state index in [1.807, 2.05) is 18.2 Å². The number of nitrogens with one attached hydrogen (secondary N) is 2. The van der Waals surface area contributed by atoms with Crippen molar-refractivity contribution in [2.45, 2.75) is 25.8 Å². The Balaban J connectivity index is 1.56. The lowest BCUT2D eigenvalue weighted by molar-refractivity contribution is -0.117. The molecular formula is C17H19ClN4O2. The number of rotatable bonds is 5. The van der Waals surface area contributed by atoms with Crippen LogP contribution < -0.4 is 5.32 Å². The second-order valence-electron chi connectivity index (χ2n) is 5.77. The number of carbonyl (C=O) groups excluding carboxylic acids is 1. The van der Waals surface area contributed by atoms with E-state index >= 15 is 0 Å². The Morgan fingerprint density at radius 1 is 1.54 bits per heavy atom. The number of aromatic nitrogens is 3. The number of H-pyrrole nitrogens is 1. The Morgan fingerprint density at radius 2 is 2.42 bits per heavy atom. The monoisotopic (exact) mass is 346 g/mol. The number of halogens is 1. The van der Waals surface area contributed by atoms with E-state index in [9.17, 15) is 4.79 Å². The molecule has 1 atom stereocenters. The van der Waals surface area contributed by atoms with Crippen molar-refractivity contribution in [2.24, 2.45) is 0 Å². The van der Waals surface area contributed by atoms with Crippen LogP contribution in [0.2, 0.25) is 5.02 Å². The first-order valence-electron chi connectivity index (χ1n) is 7.83. The van der Waals surface area contributed by atoms with Crippen LogP contribution in [-0.2, 0) is 16.1 Å². The Bertz CT molecular complexity index is 751. The molecule has 126 valence electrons. The van der Waals surface area contributed by atoms with E-state index in [0.717, 1.165) is 24.4 Å². The summed E-state index contributed by atoms with van der Waals surface area (Å²) < 4.78 is 5.33. The summed E-state index contributed by atoms with van der Waals surface area (Å²) in [6, 6.07) is 7.35. The topological polar surface area (TPSA) is 79.9 Å². The Hall–Kier alpha value is -2.18. The highest BCUT2D eigenvalue weighted by molar-refractivity contribution is 6.30. The Labute approximate surface area is 145 Å². The minimum absolute atomic E-state index is 0.155. The maximum Gasteiger partial charge on any atom is 0.247 e. The van der Waals surface area contributed by atoms with Crippen molar-refractivity contribution in [3.8, 4) is 0 Å². The van der Waals surface area contributed by atoms with E-state index in [0.29, 0.717) is 29.6 Å². The summed E-state index contributed by atoms with van der Waals surface area (Å²) in [6.45, 7) is 3.47. The molecule has 2 heterocycles. The van der Waals surface area contributed by atoms with Crippen LogP contribution in [0.1, 0.15) is 36.5 Å². The van der Waals surface area contributed by atoms with E-state index in [-0.39, 0.29) is 11.8 Å². The van der Waals surface area contributed by atoms with Gasteiger partial charge in [0.1, 0.15) is 5.82 Å². The predicted octanol–water partition coefficient (Wildman–Crippen LogP) is 2.68. The molecule has 0 spiro atoms.